The highest BCUT2D eigenvalue weighted by Crippen LogP contribution is 2.28. The third-order valence-electron chi connectivity index (χ3n) is 4.97. The third-order valence-corrected chi connectivity index (χ3v) is 4.97. The van der Waals surface area contributed by atoms with E-state index in [1.54, 1.807) is 12.4 Å². The van der Waals surface area contributed by atoms with Crippen molar-refractivity contribution in [3.05, 3.63) is 48.4 Å². The second kappa shape index (κ2) is 7.53. The zero-order valence-electron chi connectivity index (χ0n) is 15.2. The molecule has 8 nitrogen and oxygen atoms in total. The molecule has 1 N–H and O–H groups in total. The van der Waals surface area contributed by atoms with E-state index in [-0.39, 0.29) is 12.1 Å². The normalized spacial score (nSPS) is 21.5. The molecule has 2 atom stereocenters. The predicted octanol–water partition coefficient (Wildman–Crippen LogP) is 1.01. The number of nitrogens with one attached hydrogen (secondary N) is 1. The van der Waals surface area contributed by atoms with Crippen LogP contribution in [-0.4, -0.2) is 61.4 Å². The summed E-state index contributed by atoms with van der Waals surface area (Å²) in [7, 11) is 1.95. The van der Waals surface area contributed by atoms with Crippen molar-refractivity contribution in [1.82, 2.24) is 34.4 Å². The molecule has 0 bridgehead atoms. The molecule has 1 saturated heterocycles. The molecule has 1 aliphatic rings. The Kier molecular flexibility index (Phi) is 4.96. The van der Waals surface area contributed by atoms with Gasteiger partial charge in [-0.1, -0.05) is 6.92 Å². The number of hydrogen-bond donors (Lipinski definition) is 1. The quantitative estimate of drug-likeness (QED) is 0.712. The molecular formula is C18H25N7O. The van der Waals surface area contributed by atoms with E-state index in [0.29, 0.717) is 0 Å². The summed E-state index contributed by atoms with van der Waals surface area (Å²) < 4.78 is 10.0. The van der Waals surface area contributed by atoms with E-state index >= 15 is 0 Å². The first-order valence-corrected chi connectivity index (χ1v) is 9.07. The molecule has 0 aromatic carbocycles. The fourth-order valence-electron chi connectivity index (χ4n) is 3.70. The molecule has 1 aliphatic heterocycles. The summed E-state index contributed by atoms with van der Waals surface area (Å²) in [4.78, 5) is 11.0. The van der Waals surface area contributed by atoms with Gasteiger partial charge in [-0.3, -0.25) is 19.0 Å². The average molecular weight is 355 g/mol. The van der Waals surface area contributed by atoms with Gasteiger partial charge in [0.2, 0.25) is 0 Å². The van der Waals surface area contributed by atoms with Crippen molar-refractivity contribution in [3.8, 4) is 0 Å². The van der Waals surface area contributed by atoms with Crippen molar-refractivity contribution in [3.63, 3.8) is 0 Å². The van der Waals surface area contributed by atoms with Gasteiger partial charge >= 0.3 is 0 Å². The summed E-state index contributed by atoms with van der Waals surface area (Å²) >= 11 is 0. The molecule has 0 aliphatic carbocycles. The highest BCUT2D eigenvalue weighted by Gasteiger charge is 2.33. The predicted molar refractivity (Wildman–Crippen MR) is 97.6 cm³/mol. The zero-order valence-corrected chi connectivity index (χ0v) is 15.2. The Balaban J connectivity index is 1.45. The van der Waals surface area contributed by atoms with Crippen LogP contribution in [0.1, 0.15) is 24.2 Å². The number of morpholine rings is 1. The minimum absolute atomic E-state index is 0.0914. The second-order valence-corrected chi connectivity index (χ2v) is 6.61. The summed E-state index contributed by atoms with van der Waals surface area (Å²) in [5, 5.41) is 7.89. The van der Waals surface area contributed by atoms with Gasteiger partial charge in [0.15, 0.2) is 5.65 Å². The Morgan fingerprint density at radius 1 is 1.31 bits per heavy atom. The van der Waals surface area contributed by atoms with Crippen molar-refractivity contribution >= 4 is 5.65 Å². The summed E-state index contributed by atoms with van der Waals surface area (Å²) in [5.41, 5.74) is 3.19. The molecule has 0 spiro atoms. The molecular weight excluding hydrogens is 330 g/mol. The number of hydrogen-bond acceptors (Lipinski definition) is 6. The van der Waals surface area contributed by atoms with Crippen LogP contribution in [0.25, 0.3) is 5.65 Å². The topological polar surface area (TPSA) is 72.5 Å². The Hall–Kier alpha value is -2.29. The maximum atomic E-state index is 6.12. The molecule has 0 saturated carbocycles. The number of ether oxygens (including phenoxy) is 1. The summed E-state index contributed by atoms with van der Waals surface area (Å²) in [5.74, 6) is 0. The van der Waals surface area contributed by atoms with E-state index in [1.165, 1.54) is 5.56 Å². The number of likely N-dealkylation sites (N-methyl/N-ethyl adjacent to an activating group) is 1. The van der Waals surface area contributed by atoms with E-state index in [1.807, 2.05) is 30.3 Å². The van der Waals surface area contributed by atoms with Gasteiger partial charge in [0.25, 0.3) is 0 Å². The maximum Gasteiger partial charge on any atom is 0.155 e. The van der Waals surface area contributed by atoms with E-state index in [9.17, 15) is 0 Å². The third kappa shape index (κ3) is 3.35. The van der Waals surface area contributed by atoms with Crippen molar-refractivity contribution in [2.24, 2.45) is 7.05 Å². The van der Waals surface area contributed by atoms with Crippen LogP contribution in [0.4, 0.5) is 0 Å². The lowest BCUT2D eigenvalue weighted by molar-refractivity contribution is -0.0695. The summed E-state index contributed by atoms with van der Waals surface area (Å²) in [6, 6.07) is 0.223. The van der Waals surface area contributed by atoms with Gasteiger partial charge in [-0.15, -0.1) is 0 Å². The average Bonchev–Trinajstić information content (AvgIpc) is 3.28. The lowest BCUT2D eigenvalue weighted by atomic mass is 10.0. The molecule has 0 amide bonds. The standard InChI is InChI=1S/C18H25N7O/c1-3-24-6-7-26-16(18(24)14-8-22-23(2)13-14)11-20-9-15-10-21-17-12-19-4-5-25(15)17/h4-5,8,10,12-13,16,18,20H,3,6-7,9,11H2,1-2H3/t16-,18-/m0/s1. The molecule has 138 valence electrons. The minimum atomic E-state index is 0.0914. The van der Waals surface area contributed by atoms with Gasteiger partial charge < -0.3 is 10.1 Å². The summed E-state index contributed by atoms with van der Waals surface area (Å²) in [6.45, 7) is 6.42. The highest BCUT2D eigenvalue weighted by atomic mass is 16.5. The first kappa shape index (κ1) is 17.1. The first-order valence-electron chi connectivity index (χ1n) is 9.07. The van der Waals surface area contributed by atoms with E-state index in [2.05, 4.69) is 42.8 Å². The molecule has 0 unspecified atom stereocenters. The Bertz CT molecular complexity index is 858. The lowest BCUT2D eigenvalue weighted by Crippen LogP contribution is -2.48. The molecule has 1 fully saturated rings. The number of aryl methyl sites for hydroxylation is 1. The number of rotatable bonds is 6. The summed E-state index contributed by atoms with van der Waals surface area (Å²) in [6.07, 6.45) is 11.5. The van der Waals surface area contributed by atoms with Gasteiger partial charge in [-0.05, 0) is 6.54 Å². The highest BCUT2D eigenvalue weighted by molar-refractivity contribution is 5.36. The van der Waals surface area contributed by atoms with Crippen LogP contribution in [0.2, 0.25) is 0 Å². The van der Waals surface area contributed by atoms with E-state index in [0.717, 1.165) is 44.1 Å². The van der Waals surface area contributed by atoms with E-state index in [4.69, 9.17) is 4.74 Å². The van der Waals surface area contributed by atoms with Gasteiger partial charge in [0.05, 0.1) is 43.0 Å². The minimum Gasteiger partial charge on any atom is -0.374 e. The van der Waals surface area contributed by atoms with Crippen LogP contribution < -0.4 is 5.32 Å². The Morgan fingerprint density at radius 2 is 2.23 bits per heavy atom. The maximum absolute atomic E-state index is 6.12. The number of fused-ring (bicyclic) bond motifs is 1. The molecule has 4 rings (SSSR count). The van der Waals surface area contributed by atoms with E-state index < -0.39 is 0 Å². The lowest BCUT2D eigenvalue weighted by Gasteiger charge is -2.40. The Morgan fingerprint density at radius 3 is 3.04 bits per heavy atom. The molecule has 8 heteroatoms. The SMILES string of the molecule is CCN1CCO[C@@H](CNCc2cnc3cnccn23)[C@@H]1c1cnn(C)c1. The monoisotopic (exact) mass is 355 g/mol. The van der Waals surface area contributed by atoms with Gasteiger partial charge in [0, 0.05) is 50.8 Å². The zero-order chi connectivity index (χ0) is 17.9. The van der Waals surface area contributed by atoms with Crippen LogP contribution in [0.5, 0.6) is 0 Å². The van der Waals surface area contributed by atoms with Crippen molar-refractivity contribution in [2.45, 2.75) is 25.6 Å². The van der Waals surface area contributed by atoms with Gasteiger partial charge in [0.1, 0.15) is 0 Å². The van der Waals surface area contributed by atoms with Crippen LogP contribution in [0.3, 0.4) is 0 Å². The fraction of sp³-hybridized carbons (Fsp3) is 0.500. The van der Waals surface area contributed by atoms with Crippen molar-refractivity contribution in [1.29, 1.82) is 0 Å². The van der Waals surface area contributed by atoms with Crippen molar-refractivity contribution < 1.29 is 4.74 Å². The largest absolute Gasteiger partial charge is 0.374 e. The molecule has 26 heavy (non-hydrogen) atoms. The second-order valence-electron chi connectivity index (χ2n) is 6.61. The molecule has 0 radical (unpaired) electrons. The van der Waals surface area contributed by atoms with Crippen LogP contribution in [0, 0.1) is 0 Å². The van der Waals surface area contributed by atoms with Crippen molar-refractivity contribution in [2.75, 3.05) is 26.2 Å². The smallest absolute Gasteiger partial charge is 0.155 e. The molecule has 3 aromatic rings. The molecule has 4 heterocycles. The molecule has 3 aromatic heterocycles. The number of imidazole rings is 1. The Labute approximate surface area is 152 Å². The number of aromatic nitrogens is 5. The van der Waals surface area contributed by atoms with Crippen LogP contribution >= 0.6 is 0 Å². The van der Waals surface area contributed by atoms with Gasteiger partial charge in [-0.25, -0.2) is 4.98 Å². The number of nitrogens with zero attached hydrogens (tertiary/aromatic N) is 6. The van der Waals surface area contributed by atoms with Crippen LogP contribution in [0.15, 0.2) is 37.2 Å². The van der Waals surface area contributed by atoms with Crippen LogP contribution in [-0.2, 0) is 18.3 Å². The fourth-order valence-corrected chi connectivity index (χ4v) is 3.70. The first-order chi connectivity index (χ1) is 12.8. The van der Waals surface area contributed by atoms with Gasteiger partial charge in [-0.2, -0.15) is 5.10 Å².